The molecule has 0 aliphatic heterocycles. The molecule has 0 aromatic carbocycles. The number of hydrogen-bond donors (Lipinski definition) is 1. The Hall–Kier alpha value is -0.0400. The van der Waals surface area contributed by atoms with E-state index in [1.165, 1.54) is 38.5 Å². The zero-order valence-electron chi connectivity index (χ0n) is 8.40. The van der Waals surface area contributed by atoms with Gasteiger partial charge in [-0.15, -0.1) is 0 Å². The maximum absolute atomic E-state index is 6.49. The lowest BCUT2D eigenvalue weighted by Gasteiger charge is -2.47. The first-order valence-electron chi connectivity index (χ1n) is 5.41. The Bertz CT molecular complexity index is 185. The largest absolute Gasteiger partial charge is 0.325 e. The average molecular weight is 167 g/mol. The van der Waals surface area contributed by atoms with Gasteiger partial charge in [-0.2, -0.15) is 0 Å². The van der Waals surface area contributed by atoms with Gasteiger partial charge in [-0.1, -0.05) is 20.3 Å². The van der Waals surface area contributed by atoms with Gasteiger partial charge in [0.2, 0.25) is 0 Å². The van der Waals surface area contributed by atoms with Crippen molar-refractivity contribution in [2.24, 2.45) is 17.1 Å². The highest BCUT2D eigenvalue weighted by Crippen LogP contribution is 2.58. The highest BCUT2D eigenvalue weighted by molar-refractivity contribution is 5.10. The molecule has 12 heavy (non-hydrogen) atoms. The number of hydrogen-bond acceptors (Lipinski definition) is 1. The first-order valence-corrected chi connectivity index (χ1v) is 5.41. The van der Waals surface area contributed by atoms with Crippen molar-refractivity contribution in [3.63, 3.8) is 0 Å². The molecule has 0 radical (unpaired) electrons. The van der Waals surface area contributed by atoms with Gasteiger partial charge in [0.1, 0.15) is 0 Å². The Morgan fingerprint density at radius 2 is 2.08 bits per heavy atom. The van der Waals surface area contributed by atoms with Gasteiger partial charge in [-0.3, -0.25) is 0 Å². The van der Waals surface area contributed by atoms with Crippen LogP contribution in [0.2, 0.25) is 0 Å². The van der Waals surface area contributed by atoms with Crippen molar-refractivity contribution in [3.05, 3.63) is 0 Å². The molecule has 1 unspecified atom stereocenters. The van der Waals surface area contributed by atoms with Crippen LogP contribution in [0.15, 0.2) is 0 Å². The molecule has 2 aliphatic rings. The minimum absolute atomic E-state index is 0.199. The van der Waals surface area contributed by atoms with Crippen LogP contribution in [-0.4, -0.2) is 5.54 Å². The average Bonchev–Trinajstić information content (AvgIpc) is 2.27. The topological polar surface area (TPSA) is 26.0 Å². The summed E-state index contributed by atoms with van der Waals surface area (Å²) in [5, 5.41) is 0. The van der Waals surface area contributed by atoms with Crippen LogP contribution in [0.1, 0.15) is 52.4 Å². The Morgan fingerprint density at radius 1 is 1.33 bits per heavy atom. The van der Waals surface area contributed by atoms with E-state index in [2.05, 4.69) is 13.8 Å². The van der Waals surface area contributed by atoms with Crippen molar-refractivity contribution in [1.29, 1.82) is 0 Å². The molecule has 3 atom stereocenters. The number of nitrogens with two attached hydrogens (primary N) is 1. The predicted molar refractivity (Wildman–Crippen MR) is 51.9 cm³/mol. The normalized spacial score (nSPS) is 52.8. The molecule has 0 saturated heterocycles. The van der Waals surface area contributed by atoms with Crippen molar-refractivity contribution in [2.75, 3.05) is 0 Å². The summed E-state index contributed by atoms with van der Waals surface area (Å²) in [7, 11) is 0. The second-order valence-electron chi connectivity index (χ2n) is 5.05. The SMILES string of the molecule is CC[C@]1(C)[C@H]2CCCC1(N)CC2. The number of rotatable bonds is 1. The molecule has 2 rings (SSSR count). The van der Waals surface area contributed by atoms with Crippen LogP contribution < -0.4 is 5.73 Å². The molecular formula is C11H21N. The van der Waals surface area contributed by atoms with Crippen LogP contribution in [0.25, 0.3) is 0 Å². The fourth-order valence-corrected chi connectivity index (χ4v) is 3.62. The van der Waals surface area contributed by atoms with Crippen LogP contribution >= 0.6 is 0 Å². The third-order valence-electron chi connectivity index (χ3n) is 4.89. The molecule has 0 heterocycles. The summed E-state index contributed by atoms with van der Waals surface area (Å²) >= 11 is 0. The highest BCUT2D eigenvalue weighted by Gasteiger charge is 2.55. The monoisotopic (exact) mass is 167 g/mol. The quantitative estimate of drug-likeness (QED) is 0.638. The Balaban J connectivity index is 2.32. The fourth-order valence-electron chi connectivity index (χ4n) is 3.62. The summed E-state index contributed by atoms with van der Waals surface area (Å²) in [4.78, 5) is 0. The molecule has 2 aliphatic carbocycles. The molecule has 2 bridgehead atoms. The molecule has 0 aromatic rings. The molecule has 2 N–H and O–H groups in total. The van der Waals surface area contributed by atoms with Crippen molar-refractivity contribution < 1.29 is 0 Å². The Morgan fingerprint density at radius 3 is 2.58 bits per heavy atom. The first kappa shape index (κ1) is 8.55. The molecule has 1 heteroatoms. The van der Waals surface area contributed by atoms with Crippen LogP contribution in [0.5, 0.6) is 0 Å². The lowest BCUT2D eigenvalue weighted by atomic mass is 9.61. The molecule has 2 fully saturated rings. The number of fused-ring (bicyclic) bond motifs is 2. The Kier molecular flexibility index (Phi) is 1.76. The molecular weight excluding hydrogens is 146 g/mol. The van der Waals surface area contributed by atoms with Crippen molar-refractivity contribution >= 4 is 0 Å². The van der Waals surface area contributed by atoms with E-state index in [9.17, 15) is 0 Å². The van der Waals surface area contributed by atoms with Gasteiger partial charge in [-0.25, -0.2) is 0 Å². The molecule has 2 saturated carbocycles. The molecule has 0 spiro atoms. The van der Waals surface area contributed by atoms with Gasteiger partial charge < -0.3 is 5.73 Å². The first-order chi connectivity index (χ1) is 5.62. The van der Waals surface area contributed by atoms with E-state index in [0.29, 0.717) is 5.41 Å². The maximum Gasteiger partial charge on any atom is 0.0211 e. The van der Waals surface area contributed by atoms with Crippen molar-refractivity contribution in [3.8, 4) is 0 Å². The molecule has 70 valence electrons. The molecule has 1 nitrogen and oxygen atoms in total. The van der Waals surface area contributed by atoms with Gasteiger partial charge in [0.05, 0.1) is 0 Å². The van der Waals surface area contributed by atoms with Gasteiger partial charge in [0.25, 0.3) is 0 Å². The van der Waals surface area contributed by atoms with E-state index in [0.717, 1.165) is 5.92 Å². The van der Waals surface area contributed by atoms with E-state index in [4.69, 9.17) is 5.73 Å². The van der Waals surface area contributed by atoms with E-state index in [1.807, 2.05) is 0 Å². The summed E-state index contributed by atoms with van der Waals surface area (Å²) in [6.07, 6.45) is 8.02. The third kappa shape index (κ3) is 0.834. The zero-order valence-corrected chi connectivity index (χ0v) is 8.40. The van der Waals surface area contributed by atoms with E-state index in [1.54, 1.807) is 0 Å². The minimum atomic E-state index is 0.199. The second-order valence-corrected chi connectivity index (χ2v) is 5.05. The van der Waals surface area contributed by atoms with Gasteiger partial charge in [-0.05, 0) is 43.4 Å². The summed E-state index contributed by atoms with van der Waals surface area (Å²) in [6, 6.07) is 0. The summed E-state index contributed by atoms with van der Waals surface area (Å²) in [6.45, 7) is 4.73. The van der Waals surface area contributed by atoms with Crippen LogP contribution in [0.4, 0.5) is 0 Å². The van der Waals surface area contributed by atoms with Gasteiger partial charge in [0.15, 0.2) is 0 Å². The standard InChI is InChI=1S/C11H21N/c1-3-10(2)9-5-4-7-11(10,12)8-6-9/h9H,3-8,12H2,1-2H3/t9-,10+,11?/m0/s1. The zero-order chi connectivity index (χ0) is 8.82. The van der Waals surface area contributed by atoms with Crippen LogP contribution in [0, 0.1) is 11.3 Å². The highest BCUT2D eigenvalue weighted by atomic mass is 14.8. The predicted octanol–water partition coefficient (Wildman–Crippen LogP) is 2.69. The fraction of sp³-hybridized carbons (Fsp3) is 1.00. The van der Waals surface area contributed by atoms with Crippen molar-refractivity contribution in [1.82, 2.24) is 0 Å². The molecule has 0 amide bonds. The van der Waals surface area contributed by atoms with E-state index < -0.39 is 0 Å². The summed E-state index contributed by atoms with van der Waals surface area (Å²) in [5.74, 6) is 0.932. The summed E-state index contributed by atoms with van der Waals surface area (Å²) in [5.41, 5.74) is 7.15. The van der Waals surface area contributed by atoms with Crippen molar-refractivity contribution in [2.45, 2.75) is 57.9 Å². The lowest BCUT2D eigenvalue weighted by molar-refractivity contribution is 0.0696. The van der Waals surface area contributed by atoms with Crippen LogP contribution in [0.3, 0.4) is 0 Å². The van der Waals surface area contributed by atoms with Crippen LogP contribution in [-0.2, 0) is 0 Å². The van der Waals surface area contributed by atoms with E-state index in [-0.39, 0.29) is 5.54 Å². The summed E-state index contributed by atoms with van der Waals surface area (Å²) < 4.78 is 0. The molecule has 0 aromatic heterocycles. The lowest BCUT2D eigenvalue weighted by Crippen LogP contribution is -2.54. The van der Waals surface area contributed by atoms with Gasteiger partial charge >= 0.3 is 0 Å². The smallest absolute Gasteiger partial charge is 0.0211 e. The Labute approximate surface area is 75.7 Å². The van der Waals surface area contributed by atoms with Gasteiger partial charge in [0, 0.05) is 5.54 Å². The minimum Gasteiger partial charge on any atom is -0.325 e. The second kappa shape index (κ2) is 2.47. The van der Waals surface area contributed by atoms with E-state index >= 15 is 0 Å². The maximum atomic E-state index is 6.49. The third-order valence-corrected chi connectivity index (χ3v) is 4.89.